The lowest BCUT2D eigenvalue weighted by atomic mass is 10.2. The Kier molecular flexibility index (Phi) is 4.91. The molecule has 3 N–H and O–H groups in total. The average molecular weight is 369 g/mol. The lowest BCUT2D eigenvalue weighted by molar-refractivity contribution is -0.0293. The molecule has 0 radical (unpaired) electrons. The molecule has 1 aromatic heterocycles. The van der Waals surface area contributed by atoms with E-state index in [9.17, 15) is 9.59 Å². The number of hydrogen-bond acceptors (Lipinski definition) is 5. The highest BCUT2D eigenvalue weighted by Gasteiger charge is 2.33. The molecule has 1 atom stereocenters. The quantitative estimate of drug-likeness (QED) is 0.775. The molecule has 1 aliphatic carbocycles. The van der Waals surface area contributed by atoms with Crippen molar-refractivity contribution in [2.45, 2.75) is 25.0 Å². The molecule has 1 aliphatic heterocycles. The van der Waals surface area contributed by atoms with Crippen LogP contribution in [0.1, 0.15) is 33.8 Å². The smallest absolute Gasteiger partial charge is 0.271 e. The number of aromatic nitrogens is 2. The Bertz CT molecular complexity index is 831. The number of nitrogens with zero attached hydrogens (tertiary/aromatic N) is 3. The Labute approximate surface area is 157 Å². The fraction of sp³-hybridized carbons (Fsp3) is 0.421. The van der Waals surface area contributed by atoms with Crippen LogP contribution < -0.4 is 11.1 Å². The van der Waals surface area contributed by atoms with Gasteiger partial charge in [0.05, 0.1) is 18.4 Å². The molecular weight excluding hydrogens is 346 g/mol. The first kappa shape index (κ1) is 17.7. The molecule has 0 spiro atoms. The molecule has 2 heterocycles. The molecule has 4 rings (SSSR count). The molecule has 2 amide bonds. The van der Waals surface area contributed by atoms with E-state index in [4.69, 9.17) is 10.5 Å². The maximum Gasteiger partial charge on any atom is 0.271 e. The molecule has 2 aromatic rings. The van der Waals surface area contributed by atoms with Gasteiger partial charge in [-0.25, -0.2) is 4.68 Å². The minimum absolute atomic E-state index is 0.0323. The maximum atomic E-state index is 12.5. The molecule has 8 heteroatoms. The van der Waals surface area contributed by atoms with Gasteiger partial charge >= 0.3 is 0 Å². The largest absolute Gasteiger partial charge is 0.374 e. The van der Waals surface area contributed by atoms with Crippen LogP contribution in [-0.2, 0) is 4.74 Å². The van der Waals surface area contributed by atoms with Crippen LogP contribution in [0.3, 0.4) is 0 Å². The normalized spacial score (nSPS) is 20.4. The number of carbonyl (C=O) groups excluding carboxylic acids is 2. The third-order valence-corrected chi connectivity index (χ3v) is 4.92. The Balaban J connectivity index is 1.43. The molecule has 1 saturated carbocycles. The van der Waals surface area contributed by atoms with Crippen molar-refractivity contribution in [3.8, 4) is 5.69 Å². The number of para-hydroxylation sites is 1. The zero-order chi connectivity index (χ0) is 18.8. The summed E-state index contributed by atoms with van der Waals surface area (Å²) in [5, 5.41) is 7.13. The first-order valence-corrected chi connectivity index (χ1v) is 9.21. The predicted octanol–water partition coefficient (Wildman–Crippen LogP) is 0.564. The van der Waals surface area contributed by atoms with Crippen molar-refractivity contribution in [1.82, 2.24) is 20.0 Å². The van der Waals surface area contributed by atoms with E-state index in [1.165, 1.54) is 23.6 Å². The van der Waals surface area contributed by atoms with Crippen LogP contribution in [0.5, 0.6) is 0 Å². The van der Waals surface area contributed by atoms with Crippen LogP contribution in [0.2, 0.25) is 0 Å². The van der Waals surface area contributed by atoms with Crippen molar-refractivity contribution >= 4 is 11.8 Å². The van der Waals surface area contributed by atoms with Gasteiger partial charge in [-0.2, -0.15) is 5.10 Å². The monoisotopic (exact) mass is 369 g/mol. The van der Waals surface area contributed by atoms with Crippen molar-refractivity contribution in [3.05, 3.63) is 47.8 Å². The third-order valence-electron chi connectivity index (χ3n) is 4.92. The van der Waals surface area contributed by atoms with Crippen molar-refractivity contribution in [2.24, 2.45) is 5.73 Å². The summed E-state index contributed by atoms with van der Waals surface area (Å²) < 4.78 is 7.14. The molecule has 2 aliphatic rings. The second-order valence-electron chi connectivity index (χ2n) is 6.96. The Hall–Kier alpha value is -2.71. The molecule has 1 saturated heterocycles. The summed E-state index contributed by atoms with van der Waals surface area (Å²) in [7, 11) is 0. The van der Waals surface area contributed by atoms with Crippen molar-refractivity contribution in [2.75, 3.05) is 26.2 Å². The van der Waals surface area contributed by atoms with Crippen molar-refractivity contribution in [1.29, 1.82) is 0 Å². The van der Waals surface area contributed by atoms with Gasteiger partial charge in [0, 0.05) is 31.7 Å². The van der Waals surface area contributed by atoms with Gasteiger partial charge in [-0.1, -0.05) is 18.2 Å². The van der Waals surface area contributed by atoms with E-state index < -0.39 is 5.91 Å². The molecule has 0 bridgehead atoms. The number of nitrogens with two attached hydrogens (primary N) is 1. The topological polar surface area (TPSA) is 102 Å². The van der Waals surface area contributed by atoms with Crippen LogP contribution in [0.25, 0.3) is 5.69 Å². The Morgan fingerprint density at radius 2 is 2.04 bits per heavy atom. The van der Waals surface area contributed by atoms with Gasteiger partial charge in [0.1, 0.15) is 5.69 Å². The summed E-state index contributed by atoms with van der Waals surface area (Å²) in [5.74, 6) is -0.986. The van der Waals surface area contributed by atoms with Crippen LogP contribution >= 0.6 is 0 Å². The number of ether oxygens (including phenoxy) is 1. The highest BCUT2D eigenvalue weighted by atomic mass is 16.5. The van der Waals surface area contributed by atoms with Gasteiger partial charge in [-0.3, -0.25) is 14.5 Å². The summed E-state index contributed by atoms with van der Waals surface area (Å²) in [6.07, 6.45) is 2.48. The zero-order valence-corrected chi connectivity index (χ0v) is 15.0. The van der Waals surface area contributed by atoms with Gasteiger partial charge in [-0.15, -0.1) is 0 Å². The minimum atomic E-state index is -0.638. The molecule has 2 fully saturated rings. The molecule has 1 unspecified atom stereocenters. The average Bonchev–Trinajstić information content (AvgIpc) is 3.44. The third kappa shape index (κ3) is 4.01. The van der Waals surface area contributed by atoms with E-state index in [0.717, 1.165) is 13.1 Å². The van der Waals surface area contributed by atoms with Gasteiger partial charge < -0.3 is 15.8 Å². The lowest BCUT2D eigenvalue weighted by Crippen LogP contribution is -2.48. The van der Waals surface area contributed by atoms with E-state index in [0.29, 0.717) is 24.9 Å². The Morgan fingerprint density at radius 3 is 2.74 bits per heavy atom. The number of carbonyl (C=O) groups is 2. The number of nitrogens with one attached hydrogen (secondary N) is 1. The van der Waals surface area contributed by atoms with Crippen molar-refractivity contribution in [3.63, 3.8) is 0 Å². The summed E-state index contributed by atoms with van der Waals surface area (Å²) in [5.41, 5.74) is 6.44. The molecule has 1 aromatic carbocycles. The van der Waals surface area contributed by atoms with Gasteiger partial charge in [0.15, 0.2) is 5.69 Å². The summed E-state index contributed by atoms with van der Waals surface area (Å²) in [6.45, 7) is 2.88. The highest BCUT2D eigenvalue weighted by molar-refractivity contribution is 5.97. The summed E-state index contributed by atoms with van der Waals surface area (Å²) in [6, 6.07) is 11.2. The van der Waals surface area contributed by atoms with Crippen molar-refractivity contribution < 1.29 is 14.3 Å². The number of primary amides is 1. The van der Waals surface area contributed by atoms with Crippen LogP contribution in [0.4, 0.5) is 0 Å². The van der Waals surface area contributed by atoms with E-state index in [-0.39, 0.29) is 23.4 Å². The predicted molar refractivity (Wildman–Crippen MR) is 98.8 cm³/mol. The molecule has 8 nitrogen and oxygen atoms in total. The first-order chi connectivity index (χ1) is 13.1. The van der Waals surface area contributed by atoms with E-state index in [1.54, 1.807) is 12.1 Å². The standard InChI is InChI=1S/C19H23N5O3/c20-18(25)17-10-16(22-24(17)14-4-2-1-3-5-14)19(26)21-11-15-12-23(8-9-27-15)13-6-7-13/h1-5,10,13,15H,6-9,11-12H2,(H2,20,25)(H,21,26). The van der Waals surface area contributed by atoms with Gasteiger partial charge in [-0.05, 0) is 25.0 Å². The fourth-order valence-corrected chi connectivity index (χ4v) is 3.37. The number of amides is 2. The summed E-state index contributed by atoms with van der Waals surface area (Å²) >= 11 is 0. The molecular formula is C19H23N5O3. The van der Waals surface area contributed by atoms with Gasteiger partial charge in [0.2, 0.25) is 0 Å². The number of rotatable bonds is 6. The molecule has 142 valence electrons. The van der Waals surface area contributed by atoms with E-state index in [1.807, 2.05) is 18.2 Å². The SMILES string of the molecule is NC(=O)c1cc(C(=O)NCC2CN(C3CC3)CCO2)nn1-c1ccccc1. The van der Waals surface area contributed by atoms with Gasteiger partial charge in [0.25, 0.3) is 11.8 Å². The van der Waals surface area contributed by atoms with E-state index >= 15 is 0 Å². The number of benzene rings is 1. The van der Waals surface area contributed by atoms with Crippen LogP contribution in [0.15, 0.2) is 36.4 Å². The highest BCUT2D eigenvalue weighted by Crippen LogP contribution is 2.28. The first-order valence-electron chi connectivity index (χ1n) is 9.21. The lowest BCUT2D eigenvalue weighted by Gasteiger charge is -2.32. The Morgan fingerprint density at radius 1 is 1.26 bits per heavy atom. The fourth-order valence-electron chi connectivity index (χ4n) is 3.37. The summed E-state index contributed by atoms with van der Waals surface area (Å²) in [4.78, 5) is 26.7. The number of hydrogen-bond donors (Lipinski definition) is 2. The molecule has 27 heavy (non-hydrogen) atoms. The minimum Gasteiger partial charge on any atom is -0.374 e. The maximum absolute atomic E-state index is 12.5. The van der Waals surface area contributed by atoms with E-state index in [2.05, 4.69) is 15.3 Å². The second-order valence-corrected chi connectivity index (χ2v) is 6.96. The number of morpholine rings is 1. The van der Waals surface area contributed by atoms with Crippen LogP contribution in [0, 0.1) is 0 Å². The van der Waals surface area contributed by atoms with Crippen LogP contribution in [-0.4, -0.2) is 64.9 Å². The zero-order valence-electron chi connectivity index (χ0n) is 15.0. The second kappa shape index (κ2) is 7.50.